The number of amides is 2. The summed E-state index contributed by atoms with van der Waals surface area (Å²) in [6.45, 7) is 2.59. The normalized spacial score (nSPS) is 8.59. The highest BCUT2D eigenvalue weighted by atomic mass is 16.4. The quantitative estimate of drug-likeness (QED) is 0.671. The largest absolute Gasteiger partial charge is 0.508 e. The van der Waals surface area contributed by atoms with Gasteiger partial charge in [-0.3, -0.25) is 14.9 Å². The number of rotatable bonds is 1. The van der Waals surface area contributed by atoms with Crippen molar-refractivity contribution >= 4 is 17.8 Å². The van der Waals surface area contributed by atoms with E-state index in [1.807, 2.05) is 5.32 Å². The highest BCUT2D eigenvalue weighted by Crippen LogP contribution is 2.08. The zero-order chi connectivity index (χ0) is 13.4. The number of aromatic hydroxyl groups is 1. The van der Waals surface area contributed by atoms with E-state index >= 15 is 0 Å². The van der Waals surface area contributed by atoms with Crippen LogP contribution in [0.3, 0.4) is 0 Å². The number of benzene rings is 1. The summed E-state index contributed by atoms with van der Waals surface area (Å²) < 4.78 is 0. The van der Waals surface area contributed by atoms with E-state index in [2.05, 4.69) is 0 Å². The number of imide groups is 1. The second kappa shape index (κ2) is 7.00. The van der Waals surface area contributed by atoms with Crippen LogP contribution in [0.2, 0.25) is 0 Å². The van der Waals surface area contributed by atoms with Crippen LogP contribution in [0.25, 0.3) is 0 Å². The Morgan fingerprint density at radius 1 is 1.00 bits per heavy atom. The Labute approximate surface area is 97.9 Å². The molecule has 6 heteroatoms. The summed E-state index contributed by atoms with van der Waals surface area (Å²) in [5.74, 6) is -1.54. The smallest absolute Gasteiger partial charge is 0.335 e. The lowest BCUT2D eigenvalue weighted by molar-refractivity contribution is -0.127. The van der Waals surface area contributed by atoms with E-state index in [4.69, 9.17) is 10.2 Å². The summed E-state index contributed by atoms with van der Waals surface area (Å²) in [6.07, 6.45) is 0. The van der Waals surface area contributed by atoms with Crippen LogP contribution in [0.4, 0.5) is 0 Å². The SMILES string of the molecule is CC(=O)NC(C)=O.O=C(O)c1ccc(O)cc1. The molecule has 0 saturated carbocycles. The molecule has 3 N–H and O–H groups in total. The molecular weight excluding hydrogens is 226 g/mol. The number of hydrogen-bond donors (Lipinski definition) is 3. The molecule has 1 aromatic rings. The molecule has 0 atom stereocenters. The Morgan fingerprint density at radius 2 is 1.41 bits per heavy atom. The van der Waals surface area contributed by atoms with Gasteiger partial charge in [0.25, 0.3) is 0 Å². The third kappa shape index (κ3) is 7.55. The third-order valence-corrected chi connectivity index (χ3v) is 1.47. The minimum atomic E-state index is -0.986. The van der Waals surface area contributed by atoms with Crippen LogP contribution in [-0.2, 0) is 9.59 Å². The van der Waals surface area contributed by atoms with E-state index in [0.717, 1.165) is 0 Å². The van der Waals surface area contributed by atoms with Gasteiger partial charge in [0, 0.05) is 13.8 Å². The predicted molar refractivity (Wildman–Crippen MR) is 59.6 cm³/mol. The van der Waals surface area contributed by atoms with E-state index in [0.29, 0.717) is 0 Å². The molecule has 6 nitrogen and oxygen atoms in total. The van der Waals surface area contributed by atoms with Gasteiger partial charge in [-0.25, -0.2) is 4.79 Å². The molecular formula is C11H13NO5. The van der Waals surface area contributed by atoms with Gasteiger partial charge in [-0.1, -0.05) is 0 Å². The molecule has 0 fully saturated rings. The Morgan fingerprint density at radius 3 is 1.65 bits per heavy atom. The van der Waals surface area contributed by atoms with Crippen LogP contribution in [0.1, 0.15) is 24.2 Å². The number of phenols is 1. The zero-order valence-electron chi connectivity index (χ0n) is 9.43. The van der Waals surface area contributed by atoms with Gasteiger partial charge in [0.2, 0.25) is 11.8 Å². The fourth-order valence-corrected chi connectivity index (χ4v) is 0.852. The van der Waals surface area contributed by atoms with Gasteiger partial charge >= 0.3 is 5.97 Å². The van der Waals surface area contributed by atoms with Crippen molar-refractivity contribution in [2.75, 3.05) is 0 Å². The number of carboxylic acids is 1. The van der Waals surface area contributed by atoms with Gasteiger partial charge in [0.15, 0.2) is 0 Å². The van der Waals surface area contributed by atoms with E-state index in [-0.39, 0.29) is 23.1 Å². The lowest BCUT2D eigenvalue weighted by Crippen LogP contribution is -2.24. The number of carboxylic acid groups (broad SMARTS) is 1. The van der Waals surface area contributed by atoms with Gasteiger partial charge in [-0.05, 0) is 24.3 Å². The molecule has 2 amide bonds. The first kappa shape index (κ1) is 14.6. The first-order valence-corrected chi connectivity index (χ1v) is 4.63. The summed E-state index contributed by atoms with van der Waals surface area (Å²) in [7, 11) is 0. The molecule has 0 aliphatic rings. The average Bonchev–Trinajstić information content (AvgIpc) is 2.16. The van der Waals surface area contributed by atoms with Gasteiger partial charge in [-0.15, -0.1) is 0 Å². The molecule has 0 saturated heterocycles. The number of aromatic carboxylic acids is 1. The Kier molecular flexibility index (Phi) is 6.02. The predicted octanol–water partition coefficient (Wildman–Crippen LogP) is 0.759. The van der Waals surface area contributed by atoms with Gasteiger partial charge < -0.3 is 10.2 Å². The van der Waals surface area contributed by atoms with Crippen molar-refractivity contribution in [2.45, 2.75) is 13.8 Å². The maximum atomic E-state index is 10.2. The molecule has 0 bridgehead atoms. The molecule has 0 heterocycles. The summed E-state index contributed by atoms with van der Waals surface area (Å²) in [6, 6.07) is 5.36. The molecule has 0 aromatic heterocycles. The summed E-state index contributed by atoms with van der Waals surface area (Å²) >= 11 is 0. The Balaban J connectivity index is 0.000000325. The highest BCUT2D eigenvalue weighted by molar-refractivity contribution is 5.92. The van der Waals surface area contributed by atoms with Crippen LogP contribution in [0.15, 0.2) is 24.3 Å². The number of carbonyl (C=O) groups is 3. The van der Waals surface area contributed by atoms with E-state index in [1.54, 1.807) is 0 Å². The topological polar surface area (TPSA) is 104 Å². The van der Waals surface area contributed by atoms with Crippen LogP contribution >= 0.6 is 0 Å². The summed E-state index contributed by atoms with van der Waals surface area (Å²) in [5, 5.41) is 19.2. The number of nitrogens with one attached hydrogen (secondary N) is 1. The summed E-state index contributed by atoms with van der Waals surface area (Å²) in [4.78, 5) is 30.1. The van der Waals surface area contributed by atoms with Crippen molar-refractivity contribution in [3.63, 3.8) is 0 Å². The molecule has 1 rings (SSSR count). The van der Waals surface area contributed by atoms with E-state index in [9.17, 15) is 14.4 Å². The maximum absolute atomic E-state index is 10.2. The van der Waals surface area contributed by atoms with E-state index in [1.165, 1.54) is 38.1 Å². The average molecular weight is 239 g/mol. The first-order valence-electron chi connectivity index (χ1n) is 4.63. The third-order valence-electron chi connectivity index (χ3n) is 1.47. The number of phenolic OH excluding ortho intramolecular Hbond substituents is 1. The fraction of sp³-hybridized carbons (Fsp3) is 0.182. The van der Waals surface area contributed by atoms with Gasteiger partial charge in [0.1, 0.15) is 5.75 Å². The molecule has 0 aliphatic heterocycles. The number of carbonyl (C=O) groups excluding carboxylic acids is 2. The molecule has 1 aromatic carbocycles. The monoisotopic (exact) mass is 239 g/mol. The minimum Gasteiger partial charge on any atom is -0.508 e. The van der Waals surface area contributed by atoms with Crippen LogP contribution in [0, 0.1) is 0 Å². The van der Waals surface area contributed by atoms with Crippen molar-refractivity contribution in [3.05, 3.63) is 29.8 Å². The zero-order valence-corrected chi connectivity index (χ0v) is 9.43. The first-order chi connectivity index (χ1) is 7.82. The van der Waals surface area contributed by atoms with E-state index < -0.39 is 5.97 Å². The van der Waals surface area contributed by atoms with Crippen LogP contribution in [0.5, 0.6) is 5.75 Å². The highest BCUT2D eigenvalue weighted by Gasteiger charge is 1.99. The molecule has 0 spiro atoms. The van der Waals surface area contributed by atoms with Crippen molar-refractivity contribution < 1.29 is 24.6 Å². The lowest BCUT2D eigenvalue weighted by Gasteiger charge is -1.92. The minimum absolute atomic E-state index is 0.0741. The maximum Gasteiger partial charge on any atom is 0.335 e. The second-order valence-corrected chi connectivity index (χ2v) is 3.09. The number of hydrogen-bond acceptors (Lipinski definition) is 4. The van der Waals surface area contributed by atoms with Crippen molar-refractivity contribution in [3.8, 4) is 5.75 Å². The standard InChI is InChI=1S/C7H6O3.C4H7NO2/c8-6-3-1-5(2-4-6)7(9)10;1-3(6)5-4(2)7/h1-4,8H,(H,9,10);1-2H3,(H,5,6,7). The lowest BCUT2D eigenvalue weighted by atomic mass is 10.2. The Bertz CT molecular complexity index is 398. The Hall–Kier alpha value is -2.37. The summed E-state index contributed by atoms with van der Waals surface area (Å²) in [5.41, 5.74) is 0.179. The molecule has 92 valence electrons. The second-order valence-electron chi connectivity index (χ2n) is 3.09. The van der Waals surface area contributed by atoms with Crippen molar-refractivity contribution in [1.82, 2.24) is 5.32 Å². The van der Waals surface area contributed by atoms with Crippen LogP contribution < -0.4 is 5.32 Å². The fourth-order valence-electron chi connectivity index (χ4n) is 0.852. The molecule has 0 unspecified atom stereocenters. The van der Waals surface area contributed by atoms with Crippen molar-refractivity contribution in [1.29, 1.82) is 0 Å². The molecule has 17 heavy (non-hydrogen) atoms. The van der Waals surface area contributed by atoms with Gasteiger partial charge in [0.05, 0.1) is 5.56 Å². The molecule has 0 radical (unpaired) electrons. The van der Waals surface area contributed by atoms with Crippen molar-refractivity contribution in [2.24, 2.45) is 0 Å². The van der Waals surface area contributed by atoms with Gasteiger partial charge in [-0.2, -0.15) is 0 Å². The van der Waals surface area contributed by atoms with Crippen LogP contribution in [-0.4, -0.2) is 28.0 Å². The molecule has 0 aliphatic carbocycles.